The Morgan fingerprint density at radius 3 is 2.35 bits per heavy atom. The topological polar surface area (TPSA) is 57.6 Å². The van der Waals surface area contributed by atoms with Crippen LogP contribution in [-0.2, 0) is 16.9 Å². The maximum Gasteiger partial charge on any atom is 0.264 e. The van der Waals surface area contributed by atoms with E-state index in [1.54, 1.807) is 17.0 Å². The van der Waals surface area contributed by atoms with Gasteiger partial charge in [0.25, 0.3) is 5.91 Å². The predicted octanol–water partition coefficient (Wildman–Crippen LogP) is 5.77. The molecule has 34 heavy (non-hydrogen) atoms. The molecule has 0 radical (unpaired) electrons. The van der Waals surface area contributed by atoms with Crippen LogP contribution in [0.15, 0.2) is 78.9 Å². The van der Waals surface area contributed by atoms with Crippen LogP contribution in [0.2, 0.25) is 0 Å². The van der Waals surface area contributed by atoms with Gasteiger partial charge >= 0.3 is 0 Å². The van der Waals surface area contributed by atoms with Gasteiger partial charge in [-0.05, 0) is 65.9 Å². The first kappa shape index (κ1) is 22.1. The first-order valence-electron chi connectivity index (χ1n) is 11.5. The van der Waals surface area contributed by atoms with Crippen molar-refractivity contribution in [3.8, 4) is 0 Å². The zero-order chi connectivity index (χ0) is 24.0. The number of hydrogen-bond acceptors (Lipinski definition) is 3. The molecule has 4 aromatic rings. The highest BCUT2D eigenvalue weighted by molar-refractivity contribution is 6.11. The van der Waals surface area contributed by atoms with E-state index in [1.165, 1.54) is 0 Å². The molecule has 4 heteroatoms. The summed E-state index contributed by atoms with van der Waals surface area (Å²) in [6.45, 7) is 6.17. The summed E-state index contributed by atoms with van der Waals surface area (Å²) in [4.78, 5) is 28.7. The summed E-state index contributed by atoms with van der Waals surface area (Å²) < 4.78 is 0. The van der Waals surface area contributed by atoms with Crippen LogP contribution in [0.4, 0.5) is 5.69 Å². The quantitative estimate of drug-likeness (QED) is 0.393. The van der Waals surface area contributed by atoms with Gasteiger partial charge < -0.3 is 10.0 Å². The van der Waals surface area contributed by atoms with Gasteiger partial charge in [-0.25, -0.2) is 0 Å². The predicted molar refractivity (Wildman–Crippen MR) is 135 cm³/mol. The molecule has 1 heterocycles. The SMILES string of the molecule is Cc1cc(C)c(C(=O)C[C@@]2(O)C(=O)N(Cc3cccc4ccccc34)c3ccccc32)cc1C. The monoisotopic (exact) mass is 449 g/mol. The van der Waals surface area contributed by atoms with Gasteiger partial charge in [0.05, 0.1) is 18.7 Å². The molecule has 1 N–H and O–H groups in total. The zero-order valence-electron chi connectivity index (χ0n) is 19.6. The number of Topliss-reactive ketones (excluding diaryl/α,β-unsaturated/α-hetero) is 1. The molecule has 4 aromatic carbocycles. The standard InChI is InChI=1S/C30H27NO3/c1-19-15-21(3)25(16-20(19)2)28(32)17-30(34)26-13-6-7-14-27(26)31(29(30)33)18-23-11-8-10-22-9-4-5-12-24(22)23/h4-16,34H,17-18H2,1-3H3/t30-/m0/s1. The van der Waals surface area contributed by atoms with E-state index in [0.29, 0.717) is 23.4 Å². The largest absolute Gasteiger partial charge is 0.375 e. The van der Waals surface area contributed by atoms with Crippen molar-refractivity contribution < 1.29 is 14.7 Å². The van der Waals surface area contributed by atoms with Gasteiger partial charge in [0.2, 0.25) is 0 Å². The van der Waals surface area contributed by atoms with Crippen molar-refractivity contribution in [2.45, 2.75) is 39.3 Å². The minimum absolute atomic E-state index is 0.238. The number of hydrogen-bond donors (Lipinski definition) is 1. The number of carbonyl (C=O) groups is 2. The summed E-state index contributed by atoms with van der Waals surface area (Å²) in [7, 11) is 0. The molecule has 0 saturated carbocycles. The molecule has 0 bridgehead atoms. The van der Waals surface area contributed by atoms with Gasteiger partial charge in [-0.15, -0.1) is 0 Å². The number of carbonyl (C=O) groups excluding carboxylic acids is 2. The highest BCUT2D eigenvalue weighted by Crippen LogP contribution is 2.44. The van der Waals surface area contributed by atoms with Crippen molar-refractivity contribution in [3.63, 3.8) is 0 Å². The molecular formula is C30H27NO3. The third kappa shape index (κ3) is 3.51. The van der Waals surface area contributed by atoms with Gasteiger partial charge in [0.15, 0.2) is 11.4 Å². The lowest BCUT2D eigenvalue weighted by Crippen LogP contribution is -2.41. The minimum Gasteiger partial charge on any atom is -0.375 e. The molecule has 0 aliphatic carbocycles. The van der Waals surface area contributed by atoms with Gasteiger partial charge in [-0.3, -0.25) is 9.59 Å². The second-order valence-corrected chi connectivity index (χ2v) is 9.26. The van der Waals surface area contributed by atoms with E-state index < -0.39 is 11.5 Å². The summed E-state index contributed by atoms with van der Waals surface area (Å²) in [6.07, 6.45) is -0.293. The summed E-state index contributed by atoms with van der Waals surface area (Å²) in [5.74, 6) is -0.699. The number of anilines is 1. The minimum atomic E-state index is -1.90. The van der Waals surface area contributed by atoms with E-state index in [4.69, 9.17) is 0 Å². The van der Waals surface area contributed by atoms with Crippen molar-refractivity contribution >= 4 is 28.2 Å². The molecule has 0 fully saturated rings. The molecule has 0 saturated heterocycles. The van der Waals surface area contributed by atoms with Crippen molar-refractivity contribution in [2.24, 2.45) is 0 Å². The Hall–Kier alpha value is -3.76. The smallest absolute Gasteiger partial charge is 0.264 e. The van der Waals surface area contributed by atoms with Crippen LogP contribution >= 0.6 is 0 Å². The number of para-hydroxylation sites is 1. The third-order valence-corrected chi connectivity index (χ3v) is 7.01. The summed E-state index contributed by atoms with van der Waals surface area (Å²) >= 11 is 0. The van der Waals surface area contributed by atoms with Gasteiger partial charge in [0.1, 0.15) is 0 Å². The average Bonchev–Trinajstić information content (AvgIpc) is 3.03. The van der Waals surface area contributed by atoms with E-state index in [2.05, 4.69) is 0 Å². The number of aliphatic hydroxyl groups is 1. The lowest BCUT2D eigenvalue weighted by Gasteiger charge is -2.23. The maximum absolute atomic E-state index is 13.7. The van der Waals surface area contributed by atoms with Crippen LogP contribution in [0.3, 0.4) is 0 Å². The molecule has 4 nitrogen and oxygen atoms in total. The van der Waals surface area contributed by atoms with Crippen LogP contribution in [0.1, 0.15) is 44.6 Å². The molecule has 1 atom stereocenters. The maximum atomic E-state index is 13.7. The van der Waals surface area contributed by atoms with E-state index in [-0.39, 0.29) is 12.2 Å². The average molecular weight is 450 g/mol. The number of aryl methyl sites for hydroxylation is 3. The van der Waals surface area contributed by atoms with Crippen LogP contribution in [0, 0.1) is 20.8 Å². The number of benzene rings is 4. The molecule has 1 amide bonds. The molecule has 0 aromatic heterocycles. The van der Waals surface area contributed by atoms with Crippen molar-refractivity contribution in [1.82, 2.24) is 0 Å². The van der Waals surface area contributed by atoms with Crippen molar-refractivity contribution in [1.29, 1.82) is 0 Å². The van der Waals surface area contributed by atoms with Crippen LogP contribution in [-0.4, -0.2) is 16.8 Å². The molecular weight excluding hydrogens is 422 g/mol. The van der Waals surface area contributed by atoms with Gasteiger partial charge in [-0.1, -0.05) is 66.7 Å². The Morgan fingerprint density at radius 2 is 1.53 bits per heavy atom. The molecule has 170 valence electrons. The second kappa shape index (κ2) is 8.23. The fourth-order valence-corrected chi connectivity index (χ4v) is 5.02. The molecule has 0 spiro atoms. The number of rotatable bonds is 5. The first-order chi connectivity index (χ1) is 16.3. The Morgan fingerprint density at radius 1 is 0.853 bits per heavy atom. The Labute approximate surface area is 199 Å². The van der Waals surface area contributed by atoms with Crippen LogP contribution in [0.5, 0.6) is 0 Å². The lowest BCUT2D eigenvalue weighted by molar-refractivity contribution is -0.136. The van der Waals surface area contributed by atoms with Crippen LogP contribution in [0.25, 0.3) is 10.8 Å². The van der Waals surface area contributed by atoms with E-state index in [9.17, 15) is 14.7 Å². The Kier molecular flexibility index (Phi) is 5.34. The molecule has 1 aliphatic rings. The highest BCUT2D eigenvalue weighted by Gasteiger charge is 2.50. The number of nitrogens with zero attached hydrogens (tertiary/aromatic N) is 1. The first-order valence-corrected chi connectivity index (χ1v) is 11.5. The molecule has 5 rings (SSSR count). The second-order valence-electron chi connectivity index (χ2n) is 9.26. The zero-order valence-corrected chi connectivity index (χ0v) is 19.6. The molecule has 0 unspecified atom stereocenters. The summed E-state index contributed by atoms with van der Waals surface area (Å²) in [5, 5.41) is 13.9. The summed E-state index contributed by atoms with van der Waals surface area (Å²) in [6, 6.07) is 25.1. The van der Waals surface area contributed by atoms with Gasteiger partial charge in [0, 0.05) is 11.1 Å². The number of ketones is 1. The molecule has 1 aliphatic heterocycles. The van der Waals surface area contributed by atoms with E-state index >= 15 is 0 Å². The van der Waals surface area contributed by atoms with E-state index in [0.717, 1.165) is 33.0 Å². The van der Waals surface area contributed by atoms with Crippen LogP contribution < -0.4 is 4.90 Å². The Bertz CT molecular complexity index is 1450. The van der Waals surface area contributed by atoms with Gasteiger partial charge in [-0.2, -0.15) is 0 Å². The third-order valence-electron chi connectivity index (χ3n) is 7.01. The fourth-order valence-electron chi connectivity index (χ4n) is 5.02. The number of fused-ring (bicyclic) bond motifs is 2. The Balaban J connectivity index is 1.53. The number of amides is 1. The fraction of sp³-hybridized carbons (Fsp3) is 0.200. The van der Waals surface area contributed by atoms with Crippen molar-refractivity contribution in [2.75, 3.05) is 4.90 Å². The highest BCUT2D eigenvalue weighted by atomic mass is 16.3. The van der Waals surface area contributed by atoms with E-state index in [1.807, 2.05) is 87.5 Å². The van der Waals surface area contributed by atoms with Crippen molar-refractivity contribution in [3.05, 3.63) is 112 Å². The summed E-state index contributed by atoms with van der Waals surface area (Å²) in [5.41, 5.74) is 3.73. The normalized spacial score (nSPS) is 17.3. The lowest BCUT2D eigenvalue weighted by atomic mass is 9.86.